The van der Waals surface area contributed by atoms with Crippen LogP contribution in [0.25, 0.3) is 0 Å². The molecule has 1 heterocycles. The molecule has 0 saturated carbocycles. The lowest BCUT2D eigenvalue weighted by molar-refractivity contribution is 0.0746. The molecule has 1 aliphatic rings. The largest absolute Gasteiger partial charge is 0.368 e. The van der Waals surface area contributed by atoms with Gasteiger partial charge in [-0.05, 0) is 43.2 Å². The fourth-order valence-electron chi connectivity index (χ4n) is 3.94. The van der Waals surface area contributed by atoms with Gasteiger partial charge in [0.05, 0.1) is 4.90 Å². The summed E-state index contributed by atoms with van der Waals surface area (Å²) in [6.45, 7) is 11.1. The van der Waals surface area contributed by atoms with Crippen molar-refractivity contribution >= 4 is 21.6 Å². The summed E-state index contributed by atoms with van der Waals surface area (Å²) in [4.78, 5) is 17.5. The van der Waals surface area contributed by atoms with Crippen molar-refractivity contribution in [2.45, 2.75) is 32.6 Å². The van der Waals surface area contributed by atoms with Gasteiger partial charge in [0.25, 0.3) is 5.91 Å². The van der Waals surface area contributed by atoms with Crippen molar-refractivity contribution in [3.8, 4) is 0 Å². The lowest BCUT2D eigenvalue weighted by atomic mass is 10.1. The van der Waals surface area contributed by atoms with Crippen LogP contribution >= 0.6 is 0 Å². The van der Waals surface area contributed by atoms with Crippen LogP contribution < -0.4 is 4.90 Å². The zero-order valence-corrected chi connectivity index (χ0v) is 19.1. The first-order valence-corrected chi connectivity index (χ1v) is 11.9. The molecule has 0 radical (unpaired) electrons. The molecule has 162 valence electrons. The zero-order valence-electron chi connectivity index (χ0n) is 18.3. The topological polar surface area (TPSA) is 60.9 Å². The summed E-state index contributed by atoms with van der Waals surface area (Å²) in [5.74, 6) is -0.103. The van der Waals surface area contributed by atoms with E-state index in [-0.39, 0.29) is 10.8 Å². The van der Waals surface area contributed by atoms with Crippen molar-refractivity contribution in [2.75, 3.05) is 44.2 Å². The van der Waals surface area contributed by atoms with Crippen molar-refractivity contribution in [3.63, 3.8) is 0 Å². The average molecular weight is 430 g/mol. The predicted octanol–water partition coefficient (Wildman–Crippen LogP) is 3.30. The lowest BCUT2D eigenvalue weighted by Gasteiger charge is -2.37. The third-order valence-corrected chi connectivity index (χ3v) is 7.85. The van der Waals surface area contributed by atoms with Gasteiger partial charge < -0.3 is 9.80 Å². The number of hydrogen-bond acceptors (Lipinski definition) is 4. The number of anilines is 1. The minimum atomic E-state index is -3.60. The molecule has 3 rings (SSSR count). The number of amides is 1. The Morgan fingerprint density at radius 3 is 2.17 bits per heavy atom. The van der Waals surface area contributed by atoms with Gasteiger partial charge in [0, 0.05) is 50.5 Å². The highest BCUT2D eigenvalue weighted by Crippen LogP contribution is 2.24. The summed E-state index contributed by atoms with van der Waals surface area (Å²) in [5.41, 5.74) is 3.68. The number of rotatable bonds is 6. The molecule has 1 fully saturated rings. The molecule has 1 aliphatic heterocycles. The number of sulfonamides is 1. The van der Waals surface area contributed by atoms with Crippen molar-refractivity contribution in [2.24, 2.45) is 0 Å². The highest BCUT2D eigenvalue weighted by molar-refractivity contribution is 7.89. The maximum atomic E-state index is 13.2. The predicted molar refractivity (Wildman–Crippen MR) is 121 cm³/mol. The fourth-order valence-corrected chi connectivity index (χ4v) is 5.43. The zero-order chi connectivity index (χ0) is 21.9. The number of para-hydroxylation sites is 1. The maximum absolute atomic E-state index is 13.2. The number of hydrogen-bond donors (Lipinski definition) is 0. The van der Waals surface area contributed by atoms with Gasteiger partial charge in [-0.1, -0.05) is 38.1 Å². The van der Waals surface area contributed by atoms with Gasteiger partial charge in [-0.2, -0.15) is 4.31 Å². The first kappa shape index (κ1) is 22.3. The molecule has 0 bridgehead atoms. The Morgan fingerprint density at radius 2 is 1.57 bits per heavy atom. The number of piperazine rings is 1. The Balaban J connectivity index is 1.79. The molecule has 1 amide bonds. The molecule has 2 aromatic carbocycles. The summed E-state index contributed by atoms with van der Waals surface area (Å²) in [5, 5.41) is 0. The summed E-state index contributed by atoms with van der Waals surface area (Å²) in [7, 11) is -3.60. The van der Waals surface area contributed by atoms with E-state index in [0.29, 0.717) is 31.7 Å². The molecule has 1 saturated heterocycles. The Morgan fingerprint density at radius 1 is 0.933 bits per heavy atom. The average Bonchev–Trinajstić information content (AvgIpc) is 2.74. The second-order valence-corrected chi connectivity index (χ2v) is 9.57. The standard InChI is InChI=1S/C23H31N3O3S/c1-5-26(6-2)30(28,29)20-12-11-18(3)21(17-20)23(27)25-15-13-24(14-16-25)22-10-8-7-9-19(22)4/h7-12,17H,5-6,13-16H2,1-4H3. The third kappa shape index (κ3) is 4.37. The molecule has 30 heavy (non-hydrogen) atoms. The molecule has 2 aromatic rings. The van der Waals surface area contributed by atoms with Gasteiger partial charge in [0.1, 0.15) is 0 Å². The van der Waals surface area contributed by atoms with Crippen molar-refractivity contribution in [1.29, 1.82) is 0 Å². The molecule has 6 nitrogen and oxygen atoms in total. The van der Waals surface area contributed by atoms with Crippen molar-refractivity contribution < 1.29 is 13.2 Å². The molecule has 0 atom stereocenters. The fraction of sp³-hybridized carbons (Fsp3) is 0.435. The first-order chi connectivity index (χ1) is 14.3. The number of carbonyl (C=O) groups excluding carboxylic acids is 1. The molecule has 0 N–H and O–H groups in total. The minimum absolute atomic E-state index is 0.103. The van der Waals surface area contributed by atoms with E-state index < -0.39 is 10.0 Å². The number of carbonyl (C=O) groups is 1. The Kier molecular flexibility index (Phi) is 6.83. The van der Waals surface area contributed by atoms with Crippen LogP contribution in [0, 0.1) is 13.8 Å². The Bertz CT molecular complexity index is 1010. The summed E-state index contributed by atoms with van der Waals surface area (Å²) in [6.07, 6.45) is 0. The second kappa shape index (κ2) is 9.18. The van der Waals surface area contributed by atoms with Crippen LogP contribution in [-0.2, 0) is 10.0 Å². The van der Waals surface area contributed by atoms with Gasteiger partial charge >= 0.3 is 0 Å². The smallest absolute Gasteiger partial charge is 0.254 e. The van der Waals surface area contributed by atoms with E-state index in [9.17, 15) is 13.2 Å². The molecule has 0 aliphatic carbocycles. The van der Waals surface area contributed by atoms with E-state index in [2.05, 4.69) is 24.0 Å². The third-order valence-electron chi connectivity index (χ3n) is 5.81. The van der Waals surface area contributed by atoms with Crippen LogP contribution in [0.5, 0.6) is 0 Å². The molecule has 0 unspecified atom stereocenters. The number of benzene rings is 2. The van der Waals surface area contributed by atoms with Gasteiger partial charge in [0.2, 0.25) is 10.0 Å². The van der Waals surface area contributed by atoms with Crippen molar-refractivity contribution in [3.05, 3.63) is 59.2 Å². The van der Waals surface area contributed by atoms with Crippen LogP contribution in [0.4, 0.5) is 5.69 Å². The van der Waals surface area contributed by atoms with Crippen LogP contribution in [0.2, 0.25) is 0 Å². The second-order valence-electron chi connectivity index (χ2n) is 7.63. The summed E-state index contributed by atoms with van der Waals surface area (Å²) >= 11 is 0. The Hall–Kier alpha value is -2.38. The van der Waals surface area contributed by atoms with E-state index in [1.165, 1.54) is 15.6 Å². The first-order valence-electron chi connectivity index (χ1n) is 10.5. The van der Waals surface area contributed by atoms with Gasteiger partial charge in [-0.15, -0.1) is 0 Å². The molecule has 7 heteroatoms. The maximum Gasteiger partial charge on any atom is 0.254 e. The van der Waals surface area contributed by atoms with Gasteiger partial charge in [-0.25, -0.2) is 8.42 Å². The molecule has 0 spiro atoms. The van der Waals surface area contributed by atoms with Crippen LogP contribution in [0.3, 0.4) is 0 Å². The summed E-state index contributed by atoms with van der Waals surface area (Å²) in [6, 6.07) is 13.1. The minimum Gasteiger partial charge on any atom is -0.368 e. The normalized spacial score (nSPS) is 15.0. The van der Waals surface area contributed by atoms with E-state index in [4.69, 9.17) is 0 Å². The number of aryl methyl sites for hydroxylation is 2. The van der Waals surface area contributed by atoms with E-state index in [0.717, 1.165) is 18.7 Å². The Labute approximate surface area is 180 Å². The summed E-state index contributed by atoms with van der Waals surface area (Å²) < 4.78 is 27.2. The quantitative estimate of drug-likeness (QED) is 0.707. The monoisotopic (exact) mass is 429 g/mol. The van der Waals surface area contributed by atoms with E-state index in [1.54, 1.807) is 18.2 Å². The SMILES string of the molecule is CCN(CC)S(=O)(=O)c1ccc(C)c(C(=O)N2CCN(c3ccccc3C)CC2)c1. The van der Waals surface area contributed by atoms with Crippen LogP contribution in [0.1, 0.15) is 35.3 Å². The molecular formula is C23H31N3O3S. The highest BCUT2D eigenvalue weighted by Gasteiger charge is 2.27. The van der Waals surface area contributed by atoms with Crippen LogP contribution in [-0.4, -0.2) is 62.8 Å². The number of nitrogens with zero attached hydrogens (tertiary/aromatic N) is 3. The van der Waals surface area contributed by atoms with Gasteiger partial charge in [-0.3, -0.25) is 4.79 Å². The van der Waals surface area contributed by atoms with Crippen LogP contribution in [0.15, 0.2) is 47.4 Å². The van der Waals surface area contributed by atoms with Gasteiger partial charge in [0.15, 0.2) is 0 Å². The highest BCUT2D eigenvalue weighted by atomic mass is 32.2. The van der Waals surface area contributed by atoms with E-state index in [1.807, 2.05) is 37.8 Å². The van der Waals surface area contributed by atoms with E-state index >= 15 is 0 Å². The molecule has 0 aromatic heterocycles. The molecular weight excluding hydrogens is 398 g/mol. The van der Waals surface area contributed by atoms with Crippen molar-refractivity contribution in [1.82, 2.24) is 9.21 Å². The lowest BCUT2D eigenvalue weighted by Crippen LogP contribution is -2.49.